The second-order valence-corrected chi connectivity index (χ2v) is 7.40. The number of hydrogen-bond acceptors (Lipinski definition) is 4. The Morgan fingerprint density at radius 3 is 2.44 bits per heavy atom. The van der Waals surface area contributed by atoms with Gasteiger partial charge in [-0.05, 0) is 67.1 Å². The van der Waals surface area contributed by atoms with Crippen molar-refractivity contribution in [1.29, 1.82) is 0 Å². The van der Waals surface area contributed by atoms with E-state index >= 15 is 0 Å². The summed E-state index contributed by atoms with van der Waals surface area (Å²) in [5, 5.41) is 4.07. The topological polar surface area (TPSA) is 68.5 Å². The summed E-state index contributed by atoms with van der Waals surface area (Å²) in [6.45, 7) is 2.43. The molecule has 0 spiro atoms. The standard InChI is InChI=1S/C26H20ClNO4/c1-2-31-20-14-10-18(11-15-20)25(30)26-24(21-5-3-4-6-22(21)32-26)28-23(29)16-9-17-7-12-19(27)13-8-17/h3-16H,2H2,1H3,(H,28,29)/b16-9+. The van der Waals surface area contributed by atoms with Gasteiger partial charge in [0.15, 0.2) is 5.76 Å². The third-order valence-corrected chi connectivity index (χ3v) is 5.03. The SMILES string of the molecule is CCOc1ccc(C(=O)c2oc3ccccc3c2NC(=O)/C=C/c2ccc(Cl)cc2)cc1. The van der Waals surface area contributed by atoms with Crippen LogP contribution in [0, 0.1) is 0 Å². The minimum atomic E-state index is -0.382. The zero-order valence-electron chi connectivity index (χ0n) is 17.3. The molecule has 160 valence electrons. The highest BCUT2D eigenvalue weighted by molar-refractivity contribution is 6.30. The number of para-hydroxylation sites is 1. The van der Waals surface area contributed by atoms with E-state index in [0.29, 0.717) is 39.6 Å². The summed E-state index contributed by atoms with van der Waals surface area (Å²) >= 11 is 5.89. The van der Waals surface area contributed by atoms with E-state index in [9.17, 15) is 9.59 Å². The Morgan fingerprint density at radius 1 is 1.00 bits per heavy atom. The molecule has 32 heavy (non-hydrogen) atoms. The zero-order valence-corrected chi connectivity index (χ0v) is 18.1. The van der Waals surface area contributed by atoms with Crippen molar-refractivity contribution in [3.05, 3.63) is 101 Å². The number of amides is 1. The maximum atomic E-state index is 13.2. The molecule has 0 aliphatic carbocycles. The van der Waals surface area contributed by atoms with Crippen molar-refractivity contribution in [3.63, 3.8) is 0 Å². The number of ketones is 1. The third kappa shape index (κ3) is 4.74. The molecule has 0 unspecified atom stereocenters. The van der Waals surface area contributed by atoms with Gasteiger partial charge >= 0.3 is 0 Å². The van der Waals surface area contributed by atoms with Gasteiger partial charge in [-0.3, -0.25) is 9.59 Å². The normalized spacial score (nSPS) is 11.1. The van der Waals surface area contributed by atoms with Gasteiger partial charge in [-0.2, -0.15) is 0 Å². The first-order valence-corrected chi connectivity index (χ1v) is 10.5. The number of carbonyl (C=O) groups is 2. The van der Waals surface area contributed by atoms with E-state index in [1.807, 2.05) is 19.1 Å². The number of hydrogen-bond donors (Lipinski definition) is 1. The Labute approximate surface area is 190 Å². The fourth-order valence-corrected chi connectivity index (χ4v) is 3.37. The van der Waals surface area contributed by atoms with Crippen LogP contribution in [0.2, 0.25) is 5.02 Å². The predicted octanol–water partition coefficient (Wildman–Crippen LogP) is 6.37. The monoisotopic (exact) mass is 445 g/mol. The smallest absolute Gasteiger partial charge is 0.248 e. The average molecular weight is 446 g/mol. The van der Waals surface area contributed by atoms with Gasteiger partial charge in [0.2, 0.25) is 11.7 Å². The molecule has 0 radical (unpaired) electrons. The first-order valence-electron chi connectivity index (χ1n) is 10.1. The Bertz CT molecular complexity index is 1290. The summed E-state index contributed by atoms with van der Waals surface area (Å²) in [4.78, 5) is 25.8. The van der Waals surface area contributed by atoms with E-state index in [0.717, 1.165) is 5.56 Å². The van der Waals surface area contributed by atoms with Crippen LogP contribution in [0.5, 0.6) is 5.75 Å². The number of nitrogens with one attached hydrogen (secondary N) is 1. The number of benzene rings is 3. The third-order valence-electron chi connectivity index (χ3n) is 4.77. The van der Waals surface area contributed by atoms with Crippen molar-refractivity contribution in [2.75, 3.05) is 11.9 Å². The molecular weight excluding hydrogens is 426 g/mol. The number of carbonyl (C=O) groups excluding carboxylic acids is 2. The van der Waals surface area contributed by atoms with Crippen LogP contribution >= 0.6 is 11.6 Å². The molecule has 4 aromatic rings. The number of furan rings is 1. The van der Waals surface area contributed by atoms with Crippen LogP contribution in [-0.4, -0.2) is 18.3 Å². The summed E-state index contributed by atoms with van der Waals surface area (Å²) < 4.78 is 11.3. The van der Waals surface area contributed by atoms with Crippen molar-refractivity contribution >= 4 is 46.0 Å². The van der Waals surface area contributed by atoms with Gasteiger partial charge in [0.1, 0.15) is 11.3 Å². The minimum Gasteiger partial charge on any atom is -0.494 e. The van der Waals surface area contributed by atoms with Crippen LogP contribution in [0.1, 0.15) is 28.6 Å². The van der Waals surface area contributed by atoms with Crippen LogP contribution in [-0.2, 0) is 4.79 Å². The Kier molecular flexibility index (Phi) is 6.38. The van der Waals surface area contributed by atoms with Gasteiger partial charge in [0.05, 0.1) is 12.3 Å². The molecule has 0 bridgehead atoms. The number of ether oxygens (including phenoxy) is 1. The van der Waals surface area contributed by atoms with E-state index in [4.69, 9.17) is 20.8 Å². The van der Waals surface area contributed by atoms with Crippen LogP contribution in [0.3, 0.4) is 0 Å². The van der Waals surface area contributed by atoms with E-state index in [2.05, 4.69) is 5.32 Å². The lowest BCUT2D eigenvalue weighted by Crippen LogP contribution is -2.11. The Hall–Kier alpha value is -3.83. The molecule has 0 fully saturated rings. The summed E-state index contributed by atoms with van der Waals surface area (Å²) in [5.41, 5.74) is 2.11. The van der Waals surface area contributed by atoms with E-state index < -0.39 is 0 Å². The summed E-state index contributed by atoms with van der Waals surface area (Å²) in [5.74, 6) is 0.0339. The fourth-order valence-electron chi connectivity index (χ4n) is 3.24. The lowest BCUT2D eigenvalue weighted by molar-refractivity contribution is -0.111. The van der Waals surface area contributed by atoms with Gasteiger partial charge in [-0.15, -0.1) is 0 Å². The molecule has 0 atom stereocenters. The lowest BCUT2D eigenvalue weighted by Gasteiger charge is -2.06. The van der Waals surface area contributed by atoms with Crippen molar-refractivity contribution in [1.82, 2.24) is 0 Å². The van der Waals surface area contributed by atoms with Gasteiger partial charge < -0.3 is 14.5 Å². The molecule has 1 heterocycles. The van der Waals surface area contributed by atoms with Gasteiger partial charge in [0, 0.05) is 22.0 Å². The lowest BCUT2D eigenvalue weighted by atomic mass is 10.1. The van der Waals surface area contributed by atoms with Crippen molar-refractivity contribution in [2.24, 2.45) is 0 Å². The average Bonchev–Trinajstić information content (AvgIpc) is 3.17. The molecule has 1 amide bonds. The van der Waals surface area contributed by atoms with Crippen molar-refractivity contribution < 1.29 is 18.7 Å². The second kappa shape index (κ2) is 9.54. The maximum Gasteiger partial charge on any atom is 0.248 e. The molecule has 0 aliphatic rings. The molecule has 3 aromatic carbocycles. The summed E-state index contributed by atoms with van der Waals surface area (Å²) in [6.07, 6.45) is 3.07. The second-order valence-electron chi connectivity index (χ2n) is 6.96. The number of fused-ring (bicyclic) bond motifs is 1. The highest BCUT2D eigenvalue weighted by Crippen LogP contribution is 2.33. The fraction of sp³-hybridized carbons (Fsp3) is 0.0769. The first-order chi connectivity index (χ1) is 15.5. The van der Waals surface area contributed by atoms with Gasteiger partial charge in [-0.25, -0.2) is 0 Å². The molecule has 1 aromatic heterocycles. The Morgan fingerprint density at radius 2 is 1.72 bits per heavy atom. The first kappa shape index (κ1) is 21.4. The largest absolute Gasteiger partial charge is 0.494 e. The predicted molar refractivity (Wildman–Crippen MR) is 126 cm³/mol. The number of halogens is 1. The molecular formula is C26H20ClNO4. The van der Waals surface area contributed by atoms with Crippen LogP contribution < -0.4 is 10.1 Å². The van der Waals surface area contributed by atoms with Crippen LogP contribution in [0.25, 0.3) is 17.0 Å². The van der Waals surface area contributed by atoms with E-state index in [-0.39, 0.29) is 17.5 Å². The molecule has 4 rings (SSSR count). The van der Waals surface area contributed by atoms with Crippen LogP contribution in [0.15, 0.2) is 83.3 Å². The number of rotatable bonds is 7. The molecule has 0 aliphatic heterocycles. The van der Waals surface area contributed by atoms with Crippen molar-refractivity contribution in [2.45, 2.75) is 6.92 Å². The van der Waals surface area contributed by atoms with E-state index in [1.165, 1.54) is 6.08 Å². The van der Waals surface area contributed by atoms with Crippen molar-refractivity contribution in [3.8, 4) is 5.75 Å². The maximum absolute atomic E-state index is 13.2. The van der Waals surface area contributed by atoms with Crippen LogP contribution in [0.4, 0.5) is 5.69 Å². The highest BCUT2D eigenvalue weighted by Gasteiger charge is 2.23. The van der Waals surface area contributed by atoms with Gasteiger partial charge in [0.25, 0.3) is 0 Å². The molecule has 6 heteroatoms. The number of anilines is 1. The Balaban J connectivity index is 1.63. The molecule has 5 nitrogen and oxygen atoms in total. The van der Waals surface area contributed by atoms with Gasteiger partial charge in [-0.1, -0.05) is 35.9 Å². The molecule has 0 saturated heterocycles. The minimum absolute atomic E-state index is 0.0728. The summed E-state index contributed by atoms with van der Waals surface area (Å²) in [7, 11) is 0. The van der Waals surface area contributed by atoms with E-state index in [1.54, 1.807) is 66.7 Å². The molecule has 0 saturated carbocycles. The highest BCUT2D eigenvalue weighted by atomic mass is 35.5. The molecule has 1 N–H and O–H groups in total. The summed E-state index contributed by atoms with van der Waals surface area (Å²) in [6, 6.07) is 21.1. The zero-order chi connectivity index (χ0) is 22.5. The quantitative estimate of drug-likeness (QED) is 0.265.